The Morgan fingerprint density at radius 3 is 2.58 bits per heavy atom. The number of nitrogens with one attached hydrogen (secondary N) is 1. The molecule has 1 saturated heterocycles. The van der Waals surface area contributed by atoms with Gasteiger partial charge >= 0.3 is 0 Å². The number of anilines is 1. The van der Waals surface area contributed by atoms with Gasteiger partial charge in [-0.25, -0.2) is 8.42 Å². The molecule has 136 valence electrons. The lowest BCUT2D eigenvalue weighted by Gasteiger charge is -2.16. The number of ether oxygens (including phenoxy) is 2. The van der Waals surface area contributed by atoms with Crippen LogP contribution in [0.15, 0.2) is 47.4 Å². The van der Waals surface area contributed by atoms with Gasteiger partial charge < -0.3 is 14.4 Å². The van der Waals surface area contributed by atoms with Crippen LogP contribution in [0.5, 0.6) is 11.5 Å². The average molecular weight is 374 g/mol. The summed E-state index contributed by atoms with van der Waals surface area (Å²) < 4.78 is 38.2. The van der Waals surface area contributed by atoms with Gasteiger partial charge in [-0.05, 0) is 43.2 Å². The molecule has 0 saturated carbocycles. The largest absolute Gasteiger partial charge is 0.454 e. The summed E-state index contributed by atoms with van der Waals surface area (Å²) in [6.45, 7) is 1.56. The van der Waals surface area contributed by atoms with Gasteiger partial charge in [-0.3, -0.25) is 9.52 Å². The van der Waals surface area contributed by atoms with Crippen molar-refractivity contribution in [3.05, 3.63) is 48.0 Å². The SMILES string of the molecule is O=C(c1cccc(NS(=O)(=O)c2ccc3c(c2)OCO3)c1)N1CCCC1. The van der Waals surface area contributed by atoms with Crippen molar-refractivity contribution in [2.45, 2.75) is 17.7 Å². The number of sulfonamides is 1. The Morgan fingerprint density at radius 1 is 1.00 bits per heavy atom. The summed E-state index contributed by atoms with van der Waals surface area (Å²) in [7, 11) is -3.81. The van der Waals surface area contributed by atoms with Gasteiger partial charge in [0.15, 0.2) is 11.5 Å². The molecule has 1 fully saturated rings. The van der Waals surface area contributed by atoms with Crippen LogP contribution >= 0.6 is 0 Å². The number of amides is 1. The van der Waals surface area contributed by atoms with Crippen molar-refractivity contribution < 1.29 is 22.7 Å². The maximum Gasteiger partial charge on any atom is 0.262 e. The molecule has 0 bridgehead atoms. The molecule has 0 spiro atoms. The molecule has 0 aliphatic carbocycles. The van der Waals surface area contributed by atoms with Crippen LogP contribution in [-0.4, -0.2) is 39.1 Å². The molecule has 0 unspecified atom stereocenters. The Bertz CT molecular complexity index is 952. The van der Waals surface area contributed by atoms with E-state index in [1.807, 2.05) is 0 Å². The lowest BCUT2D eigenvalue weighted by molar-refractivity contribution is 0.0793. The third-order valence-electron chi connectivity index (χ3n) is 4.41. The van der Waals surface area contributed by atoms with E-state index in [-0.39, 0.29) is 17.6 Å². The summed E-state index contributed by atoms with van der Waals surface area (Å²) in [6.07, 6.45) is 2.00. The Labute approximate surface area is 151 Å². The highest BCUT2D eigenvalue weighted by atomic mass is 32.2. The van der Waals surface area contributed by atoms with Crippen LogP contribution in [-0.2, 0) is 10.0 Å². The number of carbonyl (C=O) groups is 1. The van der Waals surface area contributed by atoms with E-state index in [2.05, 4.69) is 4.72 Å². The van der Waals surface area contributed by atoms with Gasteiger partial charge in [0.25, 0.3) is 15.9 Å². The molecule has 0 aromatic heterocycles. The highest BCUT2D eigenvalue weighted by molar-refractivity contribution is 7.92. The van der Waals surface area contributed by atoms with Crippen molar-refractivity contribution in [3.8, 4) is 11.5 Å². The van der Waals surface area contributed by atoms with Crippen LogP contribution in [0.2, 0.25) is 0 Å². The van der Waals surface area contributed by atoms with Gasteiger partial charge in [-0.2, -0.15) is 0 Å². The summed E-state index contributed by atoms with van der Waals surface area (Å²) in [6, 6.07) is 11.0. The molecule has 2 aliphatic heterocycles. The molecule has 0 radical (unpaired) electrons. The lowest BCUT2D eigenvalue weighted by Crippen LogP contribution is -2.27. The zero-order valence-electron chi connectivity index (χ0n) is 14.0. The number of nitrogens with zero attached hydrogens (tertiary/aromatic N) is 1. The van der Waals surface area contributed by atoms with Crippen LogP contribution < -0.4 is 14.2 Å². The van der Waals surface area contributed by atoms with E-state index in [0.29, 0.717) is 22.7 Å². The van der Waals surface area contributed by atoms with E-state index in [1.54, 1.807) is 35.2 Å². The number of hydrogen-bond donors (Lipinski definition) is 1. The number of carbonyl (C=O) groups excluding carboxylic acids is 1. The normalized spacial score (nSPS) is 15.9. The minimum absolute atomic E-state index is 0.0676. The summed E-state index contributed by atoms with van der Waals surface area (Å²) in [4.78, 5) is 14.3. The van der Waals surface area contributed by atoms with Gasteiger partial charge in [-0.1, -0.05) is 6.07 Å². The predicted molar refractivity (Wildman–Crippen MR) is 95.0 cm³/mol. The number of fused-ring (bicyclic) bond motifs is 1. The molecule has 7 nitrogen and oxygen atoms in total. The smallest absolute Gasteiger partial charge is 0.262 e. The highest BCUT2D eigenvalue weighted by Crippen LogP contribution is 2.34. The predicted octanol–water partition coefficient (Wildman–Crippen LogP) is 2.45. The van der Waals surface area contributed by atoms with Gasteiger partial charge in [-0.15, -0.1) is 0 Å². The van der Waals surface area contributed by atoms with Crippen molar-refractivity contribution in [3.63, 3.8) is 0 Å². The molecule has 8 heteroatoms. The number of benzene rings is 2. The molecule has 2 aromatic rings. The molecule has 0 atom stereocenters. The summed E-state index contributed by atoms with van der Waals surface area (Å²) >= 11 is 0. The standard InChI is InChI=1S/C18H18N2O5S/c21-18(20-8-1-2-9-20)13-4-3-5-14(10-13)19-26(22,23)15-6-7-16-17(11-15)25-12-24-16/h3-7,10-11,19H,1-2,8-9,12H2. The van der Waals surface area contributed by atoms with Crippen LogP contribution in [0.3, 0.4) is 0 Å². The Hall–Kier alpha value is -2.74. The van der Waals surface area contributed by atoms with Crippen molar-refractivity contribution >= 4 is 21.6 Å². The first-order valence-corrected chi connectivity index (χ1v) is 9.83. The second-order valence-electron chi connectivity index (χ2n) is 6.20. The first kappa shape index (κ1) is 16.7. The maximum atomic E-state index is 12.6. The minimum Gasteiger partial charge on any atom is -0.454 e. The van der Waals surface area contributed by atoms with E-state index in [1.165, 1.54) is 12.1 Å². The van der Waals surface area contributed by atoms with Crippen molar-refractivity contribution in [2.75, 3.05) is 24.6 Å². The van der Waals surface area contributed by atoms with E-state index in [4.69, 9.17) is 9.47 Å². The van der Waals surface area contributed by atoms with Gasteiger partial charge in [0.2, 0.25) is 6.79 Å². The van der Waals surface area contributed by atoms with E-state index < -0.39 is 10.0 Å². The minimum atomic E-state index is -3.81. The highest BCUT2D eigenvalue weighted by Gasteiger charge is 2.22. The topological polar surface area (TPSA) is 84.9 Å². The van der Waals surface area contributed by atoms with Crippen LogP contribution in [0, 0.1) is 0 Å². The number of likely N-dealkylation sites (tertiary alicyclic amines) is 1. The molecule has 2 aromatic carbocycles. The second kappa shape index (κ2) is 6.53. The molecule has 2 aliphatic rings. The second-order valence-corrected chi connectivity index (χ2v) is 7.88. The summed E-state index contributed by atoms with van der Waals surface area (Å²) in [5, 5.41) is 0. The van der Waals surface area contributed by atoms with Crippen molar-refractivity contribution in [2.24, 2.45) is 0 Å². The fourth-order valence-electron chi connectivity index (χ4n) is 3.08. The number of rotatable bonds is 4. The first-order valence-electron chi connectivity index (χ1n) is 8.35. The first-order chi connectivity index (χ1) is 12.5. The van der Waals surface area contributed by atoms with Gasteiger partial charge in [0, 0.05) is 30.4 Å². The van der Waals surface area contributed by atoms with E-state index in [0.717, 1.165) is 25.9 Å². The average Bonchev–Trinajstić information content (AvgIpc) is 3.32. The summed E-state index contributed by atoms with van der Waals surface area (Å²) in [5.41, 5.74) is 0.811. The Morgan fingerprint density at radius 2 is 1.77 bits per heavy atom. The van der Waals surface area contributed by atoms with Crippen LogP contribution in [0.4, 0.5) is 5.69 Å². The van der Waals surface area contributed by atoms with Crippen molar-refractivity contribution in [1.82, 2.24) is 4.90 Å². The molecular formula is C18H18N2O5S. The maximum absolute atomic E-state index is 12.6. The monoisotopic (exact) mass is 374 g/mol. The zero-order valence-corrected chi connectivity index (χ0v) is 14.8. The van der Waals surface area contributed by atoms with E-state index in [9.17, 15) is 13.2 Å². The number of hydrogen-bond acceptors (Lipinski definition) is 5. The summed E-state index contributed by atoms with van der Waals surface area (Å²) in [5.74, 6) is 0.833. The van der Waals surface area contributed by atoms with E-state index >= 15 is 0 Å². The van der Waals surface area contributed by atoms with Crippen LogP contribution in [0.25, 0.3) is 0 Å². The molecule has 2 heterocycles. The fourth-order valence-corrected chi connectivity index (χ4v) is 4.14. The third kappa shape index (κ3) is 3.20. The van der Waals surface area contributed by atoms with Crippen molar-refractivity contribution in [1.29, 1.82) is 0 Å². The lowest BCUT2D eigenvalue weighted by atomic mass is 10.2. The quantitative estimate of drug-likeness (QED) is 0.889. The third-order valence-corrected chi connectivity index (χ3v) is 5.79. The van der Waals surface area contributed by atoms with Gasteiger partial charge in [0.1, 0.15) is 0 Å². The Kier molecular flexibility index (Phi) is 4.20. The molecule has 4 rings (SSSR count). The molecule has 1 amide bonds. The fraction of sp³-hybridized carbons (Fsp3) is 0.278. The van der Waals surface area contributed by atoms with Crippen LogP contribution in [0.1, 0.15) is 23.2 Å². The Balaban J connectivity index is 1.56. The molecule has 1 N–H and O–H groups in total. The molecule has 26 heavy (non-hydrogen) atoms. The molecular weight excluding hydrogens is 356 g/mol. The zero-order chi connectivity index (χ0) is 18.1. The van der Waals surface area contributed by atoms with Gasteiger partial charge in [0.05, 0.1) is 4.90 Å².